The summed E-state index contributed by atoms with van der Waals surface area (Å²) in [6.07, 6.45) is -3.66. The largest absolute Gasteiger partial charge is 0.573 e. The Balaban J connectivity index is 2.91. The molecular weight excluding hydrogens is 217 g/mol. The fourth-order valence-corrected chi connectivity index (χ4v) is 1.62. The van der Waals surface area contributed by atoms with Crippen molar-refractivity contribution in [2.75, 3.05) is 0 Å². The molecule has 0 heterocycles. The Hall–Kier alpha value is -1.19. The summed E-state index contributed by atoms with van der Waals surface area (Å²) in [7, 11) is 0. The van der Waals surface area contributed by atoms with Gasteiger partial charge in [-0.2, -0.15) is 0 Å². The third-order valence-corrected chi connectivity index (χ3v) is 2.62. The molecule has 1 unspecified atom stereocenters. The zero-order chi connectivity index (χ0) is 12.3. The van der Waals surface area contributed by atoms with Gasteiger partial charge in [0, 0.05) is 0 Å². The van der Waals surface area contributed by atoms with Crippen LogP contribution in [0, 0.1) is 6.92 Å². The lowest BCUT2D eigenvalue weighted by Crippen LogP contribution is -2.17. The van der Waals surface area contributed by atoms with Gasteiger partial charge in [-0.25, -0.2) is 0 Å². The minimum Gasteiger partial charge on any atom is -0.406 e. The molecule has 1 atom stereocenters. The number of aryl methyl sites for hydroxylation is 1. The molecule has 1 aromatic rings. The van der Waals surface area contributed by atoms with Crippen LogP contribution in [0.25, 0.3) is 0 Å². The van der Waals surface area contributed by atoms with Crippen LogP contribution >= 0.6 is 0 Å². The summed E-state index contributed by atoms with van der Waals surface area (Å²) in [6.45, 7) is 5.89. The van der Waals surface area contributed by atoms with Gasteiger partial charge >= 0.3 is 6.36 Å². The van der Waals surface area contributed by atoms with Gasteiger partial charge in [0.25, 0.3) is 0 Å². The van der Waals surface area contributed by atoms with Gasteiger partial charge in [-0.1, -0.05) is 19.9 Å². The fourth-order valence-electron chi connectivity index (χ4n) is 1.62. The van der Waals surface area contributed by atoms with Crippen LogP contribution in [-0.2, 0) is 0 Å². The molecule has 0 fully saturated rings. The lowest BCUT2D eigenvalue weighted by Gasteiger charge is -2.15. The van der Waals surface area contributed by atoms with E-state index < -0.39 is 6.36 Å². The van der Waals surface area contributed by atoms with Crippen LogP contribution in [-0.4, -0.2) is 6.36 Å². The maximum absolute atomic E-state index is 12.0. The minimum atomic E-state index is -4.62. The van der Waals surface area contributed by atoms with Crippen molar-refractivity contribution < 1.29 is 17.9 Å². The van der Waals surface area contributed by atoms with Crippen molar-refractivity contribution in [2.45, 2.75) is 39.5 Å². The molecular formula is C12H15F3O. The van der Waals surface area contributed by atoms with Crippen molar-refractivity contribution in [3.8, 4) is 5.75 Å². The van der Waals surface area contributed by atoms with Gasteiger partial charge in [0.05, 0.1) is 0 Å². The predicted octanol–water partition coefficient (Wildman–Crippen LogP) is 4.41. The maximum Gasteiger partial charge on any atom is 0.573 e. The van der Waals surface area contributed by atoms with Crippen LogP contribution < -0.4 is 4.74 Å². The van der Waals surface area contributed by atoms with Gasteiger partial charge in [0.15, 0.2) is 0 Å². The van der Waals surface area contributed by atoms with Gasteiger partial charge in [0.1, 0.15) is 5.75 Å². The van der Waals surface area contributed by atoms with E-state index in [9.17, 15) is 13.2 Å². The lowest BCUT2D eigenvalue weighted by atomic mass is 9.94. The number of hydrogen-bond acceptors (Lipinski definition) is 1. The summed E-state index contributed by atoms with van der Waals surface area (Å²) in [5.74, 6) is 0.192. The molecule has 0 aliphatic rings. The molecule has 0 N–H and O–H groups in total. The van der Waals surface area contributed by atoms with E-state index in [1.54, 1.807) is 13.0 Å². The van der Waals surface area contributed by atoms with E-state index in [4.69, 9.17) is 0 Å². The first-order valence-corrected chi connectivity index (χ1v) is 5.19. The number of benzene rings is 1. The molecule has 0 aliphatic carbocycles. The zero-order valence-corrected chi connectivity index (χ0v) is 9.56. The monoisotopic (exact) mass is 232 g/mol. The molecule has 0 spiro atoms. The molecule has 0 aliphatic heterocycles. The number of hydrogen-bond donors (Lipinski definition) is 0. The second-order valence-electron chi connectivity index (χ2n) is 3.88. The van der Waals surface area contributed by atoms with Crippen LogP contribution in [0.3, 0.4) is 0 Å². The first-order valence-electron chi connectivity index (χ1n) is 5.19. The Morgan fingerprint density at radius 2 is 1.94 bits per heavy atom. The molecule has 0 amide bonds. The molecule has 0 saturated heterocycles. The standard InChI is InChI=1S/C12H15F3O/c1-4-8(2)11-6-5-10(7-9(11)3)16-12(13,14)15/h5-8H,4H2,1-3H3. The van der Waals surface area contributed by atoms with E-state index in [1.807, 2.05) is 13.8 Å². The van der Waals surface area contributed by atoms with Gasteiger partial charge in [-0.15, -0.1) is 13.2 Å². The molecule has 1 aromatic carbocycles. The van der Waals surface area contributed by atoms with E-state index in [-0.39, 0.29) is 5.75 Å². The number of halogens is 3. The first-order chi connectivity index (χ1) is 7.33. The smallest absolute Gasteiger partial charge is 0.406 e. The normalized spacial score (nSPS) is 13.6. The second-order valence-corrected chi connectivity index (χ2v) is 3.88. The van der Waals surface area contributed by atoms with Crippen molar-refractivity contribution in [2.24, 2.45) is 0 Å². The van der Waals surface area contributed by atoms with Crippen molar-refractivity contribution >= 4 is 0 Å². The van der Waals surface area contributed by atoms with Crippen LogP contribution in [0.1, 0.15) is 37.3 Å². The average Bonchev–Trinajstić information content (AvgIpc) is 2.14. The third-order valence-electron chi connectivity index (χ3n) is 2.62. The van der Waals surface area contributed by atoms with Crippen molar-refractivity contribution in [1.82, 2.24) is 0 Å². The van der Waals surface area contributed by atoms with Crippen molar-refractivity contribution in [1.29, 1.82) is 0 Å². The SMILES string of the molecule is CCC(C)c1ccc(OC(F)(F)F)cc1C. The quantitative estimate of drug-likeness (QED) is 0.750. The number of ether oxygens (including phenoxy) is 1. The predicted molar refractivity (Wildman–Crippen MR) is 56.6 cm³/mol. The highest BCUT2D eigenvalue weighted by atomic mass is 19.4. The highest BCUT2D eigenvalue weighted by molar-refractivity contribution is 5.36. The summed E-state index contributed by atoms with van der Waals surface area (Å²) in [4.78, 5) is 0. The van der Waals surface area contributed by atoms with E-state index in [2.05, 4.69) is 4.74 Å². The van der Waals surface area contributed by atoms with Crippen molar-refractivity contribution in [3.05, 3.63) is 29.3 Å². The highest BCUT2D eigenvalue weighted by Gasteiger charge is 2.31. The average molecular weight is 232 g/mol. The molecule has 1 nitrogen and oxygen atoms in total. The van der Waals surface area contributed by atoms with E-state index in [0.717, 1.165) is 17.5 Å². The summed E-state index contributed by atoms with van der Waals surface area (Å²) in [6, 6.07) is 4.49. The van der Waals surface area contributed by atoms with Crippen LogP contribution in [0.5, 0.6) is 5.75 Å². The zero-order valence-electron chi connectivity index (χ0n) is 9.56. The Morgan fingerprint density at radius 3 is 2.38 bits per heavy atom. The first kappa shape index (κ1) is 12.9. The van der Waals surface area contributed by atoms with Crippen molar-refractivity contribution in [3.63, 3.8) is 0 Å². The second kappa shape index (κ2) is 4.76. The fraction of sp³-hybridized carbons (Fsp3) is 0.500. The lowest BCUT2D eigenvalue weighted by molar-refractivity contribution is -0.274. The summed E-state index contributed by atoms with van der Waals surface area (Å²) < 4.78 is 39.8. The molecule has 0 aromatic heterocycles. The molecule has 16 heavy (non-hydrogen) atoms. The van der Waals surface area contributed by atoms with E-state index in [1.165, 1.54) is 12.1 Å². The van der Waals surface area contributed by atoms with Crippen LogP contribution in [0.15, 0.2) is 18.2 Å². The number of alkyl halides is 3. The molecule has 90 valence electrons. The topological polar surface area (TPSA) is 9.23 Å². The number of rotatable bonds is 3. The van der Waals surface area contributed by atoms with Crippen LogP contribution in [0.4, 0.5) is 13.2 Å². The van der Waals surface area contributed by atoms with Gasteiger partial charge in [0.2, 0.25) is 0 Å². The molecule has 4 heteroatoms. The molecule has 1 rings (SSSR count). The third kappa shape index (κ3) is 3.43. The highest BCUT2D eigenvalue weighted by Crippen LogP contribution is 2.28. The Bertz CT molecular complexity index is 358. The summed E-state index contributed by atoms with van der Waals surface area (Å²) in [5.41, 5.74) is 1.90. The Labute approximate surface area is 93.2 Å². The van der Waals surface area contributed by atoms with E-state index >= 15 is 0 Å². The Kier molecular flexibility index (Phi) is 3.83. The van der Waals surface area contributed by atoms with Gasteiger partial charge in [-0.3, -0.25) is 0 Å². The summed E-state index contributed by atoms with van der Waals surface area (Å²) >= 11 is 0. The van der Waals surface area contributed by atoms with Crippen LogP contribution in [0.2, 0.25) is 0 Å². The van der Waals surface area contributed by atoms with E-state index in [0.29, 0.717) is 5.92 Å². The molecule has 0 radical (unpaired) electrons. The summed E-state index contributed by atoms with van der Waals surface area (Å²) in [5, 5.41) is 0. The maximum atomic E-state index is 12.0. The van der Waals surface area contributed by atoms with Gasteiger partial charge < -0.3 is 4.74 Å². The molecule has 0 bridgehead atoms. The minimum absolute atomic E-state index is 0.156. The Morgan fingerprint density at radius 1 is 1.31 bits per heavy atom. The molecule has 0 saturated carbocycles. The van der Waals surface area contributed by atoms with Gasteiger partial charge in [-0.05, 0) is 42.5 Å².